The maximum atomic E-state index is 12.5. The van der Waals surface area contributed by atoms with Crippen molar-refractivity contribution in [1.82, 2.24) is 5.32 Å². The molecular weight excluding hydrogens is 169 g/mol. The lowest BCUT2D eigenvalue weighted by molar-refractivity contribution is 0.176. The van der Waals surface area contributed by atoms with Gasteiger partial charge in [0.2, 0.25) is 0 Å². The van der Waals surface area contributed by atoms with Crippen molar-refractivity contribution in [1.29, 1.82) is 0 Å². The highest BCUT2D eigenvalue weighted by Gasteiger charge is 1.92. The first kappa shape index (κ1) is 10.2. The molecule has 1 aromatic rings. The zero-order valence-corrected chi connectivity index (χ0v) is 7.72. The van der Waals surface area contributed by atoms with Crippen molar-refractivity contribution in [2.24, 2.45) is 0 Å². The van der Waals surface area contributed by atoms with Crippen LogP contribution in [-0.2, 0) is 11.2 Å². The third-order valence-electron chi connectivity index (χ3n) is 1.75. The first-order valence-electron chi connectivity index (χ1n) is 4.27. The Balaban J connectivity index is 2.25. The number of methoxy groups -OCH3 is 1. The summed E-state index contributed by atoms with van der Waals surface area (Å²) in [5.41, 5.74) is 1.13. The minimum atomic E-state index is -0.186. The predicted octanol–water partition coefficient (Wildman–Crippen LogP) is 1.56. The van der Waals surface area contributed by atoms with Crippen molar-refractivity contribution in [3.8, 4) is 0 Å². The molecule has 0 aliphatic heterocycles. The molecular formula is C10H14FNO. The van der Waals surface area contributed by atoms with Crippen LogP contribution in [0.1, 0.15) is 5.56 Å². The van der Waals surface area contributed by atoms with Crippen LogP contribution < -0.4 is 5.32 Å². The number of hydrogen-bond donors (Lipinski definition) is 1. The molecule has 0 saturated carbocycles. The largest absolute Gasteiger partial charge is 0.370 e. The van der Waals surface area contributed by atoms with Crippen LogP contribution in [0, 0.1) is 5.82 Å². The van der Waals surface area contributed by atoms with Crippen molar-refractivity contribution in [3.05, 3.63) is 35.6 Å². The Kier molecular flexibility index (Phi) is 4.43. The van der Waals surface area contributed by atoms with Gasteiger partial charge < -0.3 is 4.74 Å². The molecule has 2 nitrogen and oxygen atoms in total. The molecule has 0 unspecified atom stereocenters. The molecule has 0 aliphatic carbocycles. The van der Waals surface area contributed by atoms with Gasteiger partial charge in [-0.15, -0.1) is 0 Å². The molecule has 0 bridgehead atoms. The molecule has 0 aliphatic rings. The van der Waals surface area contributed by atoms with Crippen molar-refractivity contribution in [2.75, 3.05) is 20.4 Å². The molecule has 0 amide bonds. The second kappa shape index (κ2) is 5.67. The highest BCUT2D eigenvalue weighted by Crippen LogP contribution is 2.02. The van der Waals surface area contributed by atoms with Gasteiger partial charge in [-0.3, -0.25) is 5.32 Å². The fourth-order valence-electron chi connectivity index (χ4n) is 1.06. The summed E-state index contributed by atoms with van der Waals surface area (Å²) in [6, 6.07) is 6.55. The SMILES string of the molecule is COCNCCc1ccc(F)cc1. The van der Waals surface area contributed by atoms with E-state index in [1.54, 1.807) is 19.2 Å². The standard InChI is InChI=1S/C10H14FNO/c1-13-8-12-7-6-9-2-4-10(11)5-3-9/h2-5,12H,6-8H2,1H3. The topological polar surface area (TPSA) is 21.3 Å². The number of hydrogen-bond acceptors (Lipinski definition) is 2. The first-order valence-corrected chi connectivity index (χ1v) is 4.27. The van der Waals surface area contributed by atoms with E-state index in [4.69, 9.17) is 4.74 Å². The van der Waals surface area contributed by atoms with Gasteiger partial charge in [0.05, 0.1) is 6.73 Å². The Morgan fingerprint density at radius 3 is 2.62 bits per heavy atom. The molecule has 1 rings (SSSR count). The van der Waals surface area contributed by atoms with Crippen LogP contribution in [0.4, 0.5) is 4.39 Å². The van der Waals surface area contributed by atoms with E-state index in [0.29, 0.717) is 6.73 Å². The van der Waals surface area contributed by atoms with E-state index in [1.165, 1.54) is 12.1 Å². The predicted molar refractivity (Wildman–Crippen MR) is 50.0 cm³/mol. The quantitative estimate of drug-likeness (QED) is 0.552. The molecule has 13 heavy (non-hydrogen) atoms. The lowest BCUT2D eigenvalue weighted by Crippen LogP contribution is -2.19. The third-order valence-corrected chi connectivity index (χ3v) is 1.75. The molecule has 0 saturated heterocycles. The Labute approximate surface area is 77.7 Å². The number of nitrogens with one attached hydrogen (secondary N) is 1. The Morgan fingerprint density at radius 1 is 1.31 bits per heavy atom. The van der Waals surface area contributed by atoms with E-state index in [2.05, 4.69) is 5.32 Å². The molecule has 72 valence electrons. The molecule has 3 heteroatoms. The normalized spacial score (nSPS) is 10.3. The Hall–Kier alpha value is -0.930. The third kappa shape index (κ3) is 4.01. The lowest BCUT2D eigenvalue weighted by Gasteiger charge is -2.02. The van der Waals surface area contributed by atoms with Gasteiger partial charge in [0.1, 0.15) is 5.82 Å². The Morgan fingerprint density at radius 2 is 2.00 bits per heavy atom. The fraction of sp³-hybridized carbons (Fsp3) is 0.400. The zero-order valence-electron chi connectivity index (χ0n) is 7.72. The molecule has 0 radical (unpaired) electrons. The van der Waals surface area contributed by atoms with Gasteiger partial charge in [0.15, 0.2) is 0 Å². The van der Waals surface area contributed by atoms with Crippen molar-refractivity contribution >= 4 is 0 Å². The van der Waals surface area contributed by atoms with Gasteiger partial charge in [-0.05, 0) is 24.1 Å². The number of benzene rings is 1. The summed E-state index contributed by atoms with van der Waals surface area (Å²) in [4.78, 5) is 0. The summed E-state index contributed by atoms with van der Waals surface area (Å²) in [6.45, 7) is 1.40. The van der Waals surface area contributed by atoms with Gasteiger partial charge in [-0.2, -0.15) is 0 Å². The summed E-state index contributed by atoms with van der Waals surface area (Å²) in [6.07, 6.45) is 0.892. The van der Waals surface area contributed by atoms with E-state index < -0.39 is 0 Å². The highest BCUT2D eigenvalue weighted by molar-refractivity contribution is 5.16. The van der Waals surface area contributed by atoms with Crippen LogP contribution in [0.2, 0.25) is 0 Å². The van der Waals surface area contributed by atoms with Gasteiger partial charge in [0.25, 0.3) is 0 Å². The minimum Gasteiger partial charge on any atom is -0.370 e. The zero-order chi connectivity index (χ0) is 9.52. The molecule has 0 spiro atoms. The molecule has 0 aromatic heterocycles. The smallest absolute Gasteiger partial charge is 0.123 e. The van der Waals surface area contributed by atoms with Crippen LogP contribution in [0.15, 0.2) is 24.3 Å². The van der Waals surface area contributed by atoms with Gasteiger partial charge in [-0.25, -0.2) is 4.39 Å². The van der Waals surface area contributed by atoms with Gasteiger partial charge in [-0.1, -0.05) is 12.1 Å². The van der Waals surface area contributed by atoms with Crippen LogP contribution in [0.25, 0.3) is 0 Å². The van der Waals surface area contributed by atoms with Crippen LogP contribution >= 0.6 is 0 Å². The van der Waals surface area contributed by atoms with Gasteiger partial charge in [0, 0.05) is 13.7 Å². The molecule has 1 aromatic carbocycles. The van der Waals surface area contributed by atoms with E-state index >= 15 is 0 Å². The summed E-state index contributed by atoms with van der Waals surface area (Å²) in [5, 5.41) is 3.08. The number of ether oxygens (including phenoxy) is 1. The average Bonchev–Trinajstić information content (AvgIpc) is 2.15. The second-order valence-electron chi connectivity index (χ2n) is 2.81. The molecule has 1 N–H and O–H groups in total. The van der Waals surface area contributed by atoms with Crippen LogP contribution in [0.3, 0.4) is 0 Å². The fourth-order valence-corrected chi connectivity index (χ4v) is 1.06. The van der Waals surface area contributed by atoms with Gasteiger partial charge >= 0.3 is 0 Å². The van der Waals surface area contributed by atoms with Crippen LogP contribution in [-0.4, -0.2) is 20.4 Å². The minimum absolute atomic E-state index is 0.186. The van der Waals surface area contributed by atoms with Crippen molar-refractivity contribution in [3.63, 3.8) is 0 Å². The molecule has 0 atom stereocenters. The lowest BCUT2D eigenvalue weighted by atomic mass is 10.1. The highest BCUT2D eigenvalue weighted by atomic mass is 19.1. The summed E-state index contributed by atoms with van der Waals surface area (Å²) in [7, 11) is 1.64. The Bertz CT molecular complexity index is 235. The van der Waals surface area contributed by atoms with Crippen LogP contribution in [0.5, 0.6) is 0 Å². The first-order chi connectivity index (χ1) is 6.33. The molecule has 0 fully saturated rings. The maximum absolute atomic E-state index is 12.5. The number of halogens is 1. The maximum Gasteiger partial charge on any atom is 0.123 e. The van der Waals surface area contributed by atoms with E-state index in [1.807, 2.05) is 0 Å². The molecule has 0 heterocycles. The van der Waals surface area contributed by atoms with Crippen molar-refractivity contribution < 1.29 is 9.13 Å². The summed E-state index contributed by atoms with van der Waals surface area (Å²) in [5.74, 6) is -0.186. The van der Waals surface area contributed by atoms with E-state index in [-0.39, 0.29) is 5.82 Å². The van der Waals surface area contributed by atoms with E-state index in [9.17, 15) is 4.39 Å². The summed E-state index contributed by atoms with van der Waals surface area (Å²) < 4.78 is 17.3. The van der Waals surface area contributed by atoms with E-state index in [0.717, 1.165) is 18.5 Å². The monoisotopic (exact) mass is 183 g/mol. The average molecular weight is 183 g/mol. The summed E-state index contributed by atoms with van der Waals surface area (Å²) >= 11 is 0. The second-order valence-corrected chi connectivity index (χ2v) is 2.81. The number of rotatable bonds is 5. The van der Waals surface area contributed by atoms with Crippen molar-refractivity contribution in [2.45, 2.75) is 6.42 Å².